The summed E-state index contributed by atoms with van der Waals surface area (Å²) in [6.45, 7) is 0. The van der Waals surface area contributed by atoms with Crippen molar-refractivity contribution in [3.63, 3.8) is 0 Å². The summed E-state index contributed by atoms with van der Waals surface area (Å²) in [6.07, 6.45) is 0. The SMILES string of the molecule is OP(O)Oc1ccc(F)c(F)c1F. The molecule has 0 aliphatic carbocycles. The predicted octanol–water partition coefficient (Wildman–Crippen LogP) is 1.69. The zero-order valence-electron chi connectivity index (χ0n) is 6.04. The van der Waals surface area contributed by atoms with Crippen LogP contribution in [0.25, 0.3) is 0 Å². The molecule has 72 valence electrons. The van der Waals surface area contributed by atoms with Gasteiger partial charge in [-0.15, -0.1) is 0 Å². The minimum absolute atomic E-state index is 0.618. The summed E-state index contributed by atoms with van der Waals surface area (Å²) in [5, 5.41) is 0. The third kappa shape index (κ3) is 2.30. The van der Waals surface area contributed by atoms with Crippen molar-refractivity contribution in [3.8, 4) is 5.75 Å². The van der Waals surface area contributed by atoms with Gasteiger partial charge >= 0.3 is 8.60 Å². The van der Waals surface area contributed by atoms with E-state index in [0.29, 0.717) is 6.07 Å². The van der Waals surface area contributed by atoms with Crippen LogP contribution in [0.3, 0.4) is 0 Å². The second kappa shape index (κ2) is 3.91. The molecule has 0 heterocycles. The number of benzene rings is 1. The fourth-order valence-corrected chi connectivity index (χ4v) is 0.984. The standard InChI is InChI=1S/C6H4F3O3P/c7-3-1-2-4(12-13(10)11)6(9)5(3)8/h1-2,10-11H. The van der Waals surface area contributed by atoms with E-state index >= 15 is 0 Å². The molecule has 0 saturated carbocycles. The molecule has 13 heavy (non-hydrogen) atoms. The fraction of sp³-hybridized carbons (Fsp3) is 0. The Morgan fingerprint density at radius 2 is 1.69 bits per heavy atom. The van der Waals surface area contributed by atoms with Gasteiger partial charge in [0.15, 0.2) is 17.4 Å². The Balaban J connectivity index is 3.04. The van der Waals surface area contributed by atoms with E-state index in [0.717, 1.165) is 6.07 Å². The van der Waals surface area contributed by atoms with Crippen molar-refractivity contribution < 1.29 is 27.5 Å². The molecule has 0 saturated heterocycles. The first-order valence-electron chi connectivity index (χ1n) is 3.01. The largest absolute Gasteiger partial charge is 0.424 e. The molecule has 0 aromatic heterocycles. The Hall–Kier alpha value is -0.840. The van der Waals surface area contributed by atoms with E-state index in [9.17, 15) is 13.2 Å². The monoisotopic (exact) mass is 212 g/mol. The smallest absolute Gasteiger partial charge is 0.391 e. The molecule has 1 rings (SSSR count). The minimum atomic E-state index is -2.84. The summed E-state index contributed by atoms with van der Waals surface area (Å²) in [5.74, 6) is -5.41. The van der Waals surface area contributed by atoms with Crippen LogP contribution in [0, 0.1) is 17.5 Å². The van der Waals surface area contributed by atoms with Gasteiger partial charge < -0.3 is 14.3 Å². The lowest BCUT2D eigenvalue weighted by Crippen LogP contribution is -1.95. The Bertz CT molecular complexity index is 318. The molecule has 0 bridgehead atoms. The fourth-order valence-electron chi connectivity index (χ4n) is 0.667. The van der Waals surface area contributed by atoms with Gasteiger partial charge in [-0.2, -0.15) is 4.39 Å². The first-order chi connectivity index (χ1) is 6.02. The second-order valence-corrected chi connectivity index (χ2v) is 2.71. The summed E-state index contributed by atoms with van der Waals surface area (Å²) < 4.78 is 41.5. The van der Waals surface area contributed by atoms with Crippen LogP contribution < -0.4 is 4.52 Å². The molecule has 1 aromatic carbocycles. The van der Waals surface area contributed by atoms with Crippen molar-refractivity contribution >= 4 is 8.60 Å². The van der Waals surface area contributed by atoms with Gasteiger partial charge in [-0.1, -0.05) is 0 Å². The van der Waals surface area contributed by atoms with E-state index in [2.05, 4.69) is 4.52 Å². The highest BCUT2D eigenvalue weighted by Crippen LogP contribution is 2.32. The van der Waals surface area contributed by atoms with Crippen molar-refractivity contribution in [2.75, 3.05) is 0 Å². The third-order valence-electron chi connectivity index (χ3n) is 1.18. The zero-order chi connectivity index (χ0) is 10.0. The Kier molecular flexibility index (Phi) is 3.08. The molecule has 0 aliphatic rings. The van der Waals surface area contributed by atoms with Crippen molar-refractivity contribution in [2.45, 2.75) is 0 Å². The lowest BCUT2D eigenvalue weighted by Gasteiger charge is -2.06. The maximum Gasteiger partial charge on any atom is 0.391 e. The second-order valence-electron chi connectivity index (χ2n) is 2.02. The van der Waals surface area contributed by atoms with E-state index in [1.807, 2.05) is 0 Å². The molecule has 0 radical (unpaired) electrons. The molecule has 2 N–H and O–H groups in total. The van der Waals surface area contributed by atoms with Crippen LogP contribution in [0.4, 0.5) is 13.2 Å². The average Bonchev–Trinajstić information content (AvgIpc) is 2.06. The average molecular weight is 212 g/mol. The Morgan fingerprint density at radius 3 is 2.23 bits per heavy atom. The first-order valence-corrected chi connectivity index (χ1v) is 4.18. The van der Waals surface area contributed by atoms with E-state index in [1.165, 1.54) is 0 Å². The number of rotatable bonds is 2. The maximum absolute atomic E-state index is 12.7. The van der Waals surface area contributed by atoms with Crippen molar-refractivity contribution in [3.05, 3.63) is 29.6 Å². The summed E-state index contributed by atoms with van der Waals surface area (Å²) in [5.41, 5.74) is 0. The number of hydrogen-bond acceptors (Lipinski definition) is 3. The van der Waals surface area contributed by atoms with Gasteiger partial charge in [0, 0.05) is 0 Å². The van der Waals surface area contributed by atoms with Gasteiger partial charge in [0.25, 0.3) is 0 Å². The van der Waals surface area contributed by atoms with Crippen molar-refractivity contribution in [1.29, 1.82) is 0 Å². The summed E-state index contributed by atoms with van der Waals surface area (Å²) in [4.78, 5) is 16.6. The van der Waals surface area contributed by atoms with Crippen LogP contribution in [-0.2, 0) is 0 Å². The molecular weight excluding hydrogens is 208 g/mol. The molecule has 3 nitrogen and oxygen atoms in total. The normalized spacial score (nSPS) is 10.6. The summed E-state index contributed by atoms with van der Waals surface area (Å²) in [7, 11) is -2.84. The quantitative estimate of drug-likeness (QED) is 0.579. The van der Waals surface area contributed by atoms with Crippen LogP contribution >= 0.6 is 8.60 Å². The molecule has 0 fully saturated rings. The van der Waals surface area contributed by atoms with Gasteiger partial charge in [0.05, 0.1) is 0 Å². The van der Waals surface area contributed by atoms with Crippen molar-refractivity contribution in [1.82, 2.24) is 0 Å². The van der Waals surface area contributed by atoms with Crippen LogP contribution in [0.15, 0.2) is 12.1 Å². The topological polar surface area (TPSA) is 49.7 Å². The van der Waals surface area contributed by atoms with Gasteiger partial charge in [-0.25, -0.2) is 8.78 Å². The van der Waals surface area contributed by atoms with E-state index in [4.69, 9.17) is 9.79 Å². The van der Waals surface area contributed by atoms with Crippen LogP contribution in [0.1, 0.15) is 0 Å². The molecule has 0 spiro atoms. The maximum atomic E-state index is 12.7. The van der Waals surface area contributed by atoms with Gasteiger partial charge in [0.2, 0.25) is 5.82 Å². The zero-order valence-corrected chi connectivity index (χ0v) is 6.93. The molecular formula is C6H4F3O3P. The number of halogens is 3. The molecule has 1 aromatic rings. The molecule has 0 atom stereocenters. The van der Waals surface area contributed by atoms with E-state index < -0.39 is 31.8 Å². The van der Waals surface area contributed by atoms with Crippen LogP contribution in [-0.4, -0.2) is 9.79 Å². The lowest BCUT2D eigenvalue weighted by atomic mass is 10.3. The van der Waals surface area contributed by atoms with E-state index in [1.54, 1.807) is 0 Å². The lowest BCUT2D eigenvalue weighted by molar-refractivity contribution is 0.354. The number of hydrogen-bond donors (Lipinski definition) is 2. The van der Waals surface area contributed by atoms with Crippen LogP contribution in [0.5, 0.6) is 5.75 Å². The highest BCUT2D eigenvalue weighted by Gasteiger charge is 2.16. The molecule has 7 heteroatoms. The van der Waals surface area contributed by atoms with Crippen LogP contribution in [0.2, 0.25) is 0 Å². The van der Waals surface area contributed by atoms with Gasteiger partial charge in [-0.3, -0.25) is 0 Å². The minimum Gasteiger partial charge on any atom is -0.424 e. The first kappa shape index (κ1) is 10.2. The highest BCUT2D eigenvalue weighted by atomic mass is 31.2. The molecule has 0 aliphatic heterocycles. The van der Waals surface area contributed by atoms with E-state index in [-0.39, 0.29) is 0 Å². The van der Waals surface area contributed by atoms with Crippen molar-refractivity contribution in [2.24, 2.45) is 0 Å². The summed E-state index contributed by atoms with van der Waals surface area (Å²) >= 11 is 0. The Labute approximate surface area is 72.4 Å². The molecule has 0 unspecified atom stereocenters. The molecule has 0 amide bonds. The van der Waals surface area contributed by atoms with Gasteiger partial charge in [-0.05, 0) is 12.1 Å². The highest BCUT2D eigenvalue weighted by molar-refractivity contribution is 7.39. The van der Waals surface area contributed by atoms with Gasteiger partial charge in [0.1, 0.15) is 0 Å². The summed E-state index contributed by atoms with van der Waals surface area (Å²) in [6, 6.07) is 1.38. The Morgan fingerprint density at radius 1 is 1.08 bits per heavy atom. The predicted molar refractivity (Wildman–Crippen MR) is 38.3 cm³/mol. The third-order valence-corrected chi connectivity index (χ3v) is 1.54.